The molecule has 104 valence electrons. The van der Waals surface area contributed by atoms with Crippen LogP contribution in [0.15, 0.2) is 46.9 Å². The van der Waals surface area contributed by atoms with Gasteiger partial charge in [0.05, 0.1) is 6.54 Å². The van der Waals surface area contributed by atoms with Gasteiger partial charge < -0.3 is 10.2 Å². The molecule has 0 fully saturated rings. The molecule has 1 aromatic carbocycles. The van der Waals surface area contributed by atoms with Crippen molar-refractivity contribution in [3.8, 4) is 22.2 Å². The summed E-state index contributed by atoms with van der Waals surface area (Å²) in [5, 5.41) is 13.7. The van der Waals surface area contributed by atoms with Crippen LogP contribution in [0.25, 0.3) is 27.1 Å². The summed E-state index contributed by atoms with van der Waals surface area (Å²) in [7, 11) is 0. The molecule has 2 N–H and O–H groups in total. The van der Waals surface area contributed by atoms with Crippen molar-refractivity contribution in [2.24, 2.45) is 5.73 Å². The maximum atomic E-state index is 5.62. The number of rotatable bonds is 3. The highest BCUT2D eigenvalue weighted by molar-refractivity contribution is 7.19. The molecule has 7 heteroatoms. The molecule has 3 aromatic heterocycles. The average molecular weight is 297 g/mol. The third kappa shape index (κ3) is 2.03. The van der Waals surface area contributed by atoms with Crippen molar-refractivity contribution in [3.63, 3.8) is 0 Å². The van der Waals surface area contributed by atoms with Crippen LogP contribution in [0.4, 0.5) is 0 Å². The van der Waals surface area contributed by atoms with Gasteiger partial charge in [0, 0.05) is 5.56 Å². The Kier molecular flexibility index (Phi) is 2.80. The summed E-state index contributed by atoms with van der Waals surface area (Å²) >= 11 is 1.43. The summed E-state index contributed by atoms with van der Waals surface area (Å²) in [6, 6.07) is 13.6. The first-order chi connectivity index (χ1) is 10.3. The van der Waals surface area contributed by atoms with Crippen molar-refractivity contribution in [1.29, 1.82) is 0 Å². The van der Waals surface area contributed by atoms with Gasteiger partial charge in [0.2, 0.25) is 4.96 Å². The van der Waals surface area contributed by atoms with Gasteiger partial charge in [0.25, 0.3) is 0 Å². The Morgan fingerprint density at radius 3 is 2.71 bits per heavy atom. The van der Waals surface area contributed by atoms with E-state index in [1.165, 1.54) is 11.3 Å². The van der Waals surface area contributed by atoms with E-state index in [2.05, 4.69) is 15.3 Å². The Labute approximate surface area is 123 Å². The van der Waals surface area contributed by atoms with Crippen molar-refractivity contribution in [2.45, 2.75) is 6.54 Å². The number of nitrogens with zero attached hydrogens (tertiary/aromatic N) is 4. The van der Waals surface area contributed by atoms with Gasteiger partial charge in [0.15, 0.2) is 16.6 Å². The van der Waals surface area contributed by atoms with Crippen molar-refractivity contribution in [3.05, 3.63) is 48.2 Å². The molecule has 0 aliphatic carbocycles. The Morgan fingerprint density at radius 1 is 1.10 bits per heavy atom. The number of aromatic nitrogens is 4. The lowest BCUT2D eigenvalue weighted by atomic mass is 10.2. The number of nitrogens with two attached hydrogens (primary N) is 1. The largest absolute Gasteiger partial charge is 0.457 e. The highest BCUT2D eigenvalue weighted by Crippen LogP contribution is 2.29. The smallest absolute Gasteiger partial charge is 0.235 e. The quantitative estimate of drug-likeness (QED) is 0.628. The fraction of sp³-hybridized carbons (Fsp3) is 0.0714. The lowest BCUT2D eigenvalue weighted by molar-refractivity contribution is 0.524. The van der Waals surface area contributed by atoms with Crippen molar-refractivity contribution < 1.29 is 4.42 Å². The number of benzene rings is 1. The molecule has 0 atom stereocenters. The molecule has 0 spiro atoms. The molecular formula is C14H11N5OS. The zero-order valence-corrected chi connectivity index (χ0v) is 11.7. The van der Waals surface area contributed by atoms with E-state index in [9.17, 15) is 0 Å². The molecular weight excluding hydrogens is 286 g/mol. The first-order valence-corrected chi connectivity index (χ1v) is 7.23. The molecule has 0 aliphatic rings. The summed E-state index contributed by atoms with van der Waals surface area (Å²) in [6.45, 7) is 0.374. The molecule has 0 aliphatic heterocycles. The van der Waals surface area contributed by atoms with E-state index >= 15 is 0 Å². The Bertz CT molecular complexity index is 893. The third-order valence-corrected chi connectivity index (χ3v) is 4.01. The van der Waals surface area contributed by atoms with Crippen LogP contribution in [0.2, 0.25) is 0 Å². The fourth-order valence-corrected chi connectivity index (χ4v) is 2.89. The van der Waals surface area contributed by atoms with Gasteiger partial charge in [-0.3, -0.25) is 0 Å². The molecule has 0 saturated heterocycles. The predicted octanol–water partition coefficient (Wildman–Crippen LogP) is 2.57. The van der Waals surface area contributed by atoms with E-state index in [1.807, 2.05) is 42.5 Å². The lowest BCUT2D eigenvalue weighted by Crippen LogP contribution is -1.92. The average Bonchev–Trinajstić information content (AvgIpc) is 3.22. The topological polar surface area (TPSA) is 82.2 Å². The summed E-state index contributed by atoms with van der Waals surface area (Å²) in [5.74, 6) is 2.16. The van der Waals surface area contributed by atoms with Gasteiger partial charge in [-0.15, -0.1) is 15.3 Å². The van der Waals surface area contributed by atoms with Crippen LogP contribution in [0.5, 0.6) is 0 Å². The SMILES string of the molecule is NCc1ccc(-c2nn3c(-c4ccccc4)nnc3s2)o1. The lowest BCUT2D eigenvalue weighted by Gasteiger charge is -1.95. The van der Waals surface area contributed by atoms with Gasteiger partial charge in [-0.25, -0.2) is 0 Å². The third-order valence-electron chi connectivity index (χ3n) is 3.10. The van der Waals surface area contributed by atoms with Crippen LogP contribution in [0, 0.1) is 0 Å². The van der Waals surface area contributed by atoms with E-state index < -0.39 is 0 Å². The molecule has 6 nitrogen and oxygen atoms in total. The minimum Gasteiger partial charge on any atom is -0.457 e. The van der Waals surface area contributed by atoms with E-state index in [-0.39, 0.29) is 0 Å². The monoisotopic (exact) mass is 297 g/mol. The second kappa shape index (κ2) is 4.80. The van der Waals surface area contributed by atoms with Gasteiger partial charge in [-0.2, -0.15) is 4.52 Å². The van der Waals surface area contributed by atoms with Gasteiger partial charge >= 0.3 is 0 Å². The Hall–Kier alpha value is -2.51. The molecule has 3 heterocycles. The van der Waals surface area contributed by atoms with Gasteiger partial charge in [-0.1, -0.05) is 41.7 Å². The maximum Gasteiger partial charge on any atom is 0.235 e. The number of fused-ring (bicyclic) bond motifs is 1. The standard InChI is InChI=1S/C14H11N5OS/c15-8-10-6-7-11(20-10)13-18-19-12(16-17-14(19)21-13)9-4-2-1-3-5-9/h1-7H,8,15H2. The molecule has 21 heavy (non-hydrogen) atoms. The first-order valence-electron chi connectivity index (χ1n) is 6.42. The Morgan fingerprint density at radius 2 is 1.95 bits per heavy atom. The van der Waals surface area contributed by atoms with Crippen molar-refractivity contribution in [1.82, 2.24) is 19.8 Å². The molecule has 4 rings (SSSR count). The molecule has 0 amide bonds. The molecule has 0 bridgehead atoms. The number of hydrogen-bond donors (Lipinski definition) is 1. The highest BCUT2D eigenvalue weighted by atomic mass is 32.1. The summed E-state index contributed by atoms with van der Waals surface area (Å²) in [5.41, 5.74) is 6.53. The molecule has 4 aromatic rings. The minimum absolute atomic E-state index is 0.374. The highest BCUT2D eigenvalue weighted by Gasteiger charge is 2.16. The zero-order valence-electron chi connectivity index (χ0n) is 10.9. The van der Waals surface area contributed by atoms with E-state index in [0.29, 0.717) is 12.3 Å². The summed E-state index contributed by atoms with van der Waals surface area (Å²) < 4.78 is 7.36. The zero-order chi connectivity index (χ0) is 14.2. The van der Waals surface area contributed by atoms with Crippen LogP contribution in [-0.4, -0.2) is 19.8 Å². The van der Waals surface area contributed by atoms with Crippen molar-refractivity contribution in [2.75, 3.05) is 0 Å². The molecule has 0 radical (unpaired) electrons. The molecule has 0 unspecified atom stereocenters. The van der Waals surface area contributed by atoms with Crippen molar-refractivity contribution >= 4 is 16.3 Å². The van der Waals surface area contributed by atoms with Crippen LogP contribution in [0.3, 0.4) is 0 Å². The van der Waals surface area contributed by atoms with E-state index in [0.717, 1.165) is 27.1 Å². The second-order valence-corrected chi connectivity index (χ2v) is 5.42. The fourth-order valence-electron chi connectivity index (χ4n) is 2.09. The predicted molar refractivity (Wildman–Crippen MR) is 79.7 cm³/mol. The summed E-state index contributed by atoms with van der Waals surface area (Å²) in [4.78, 5) is 0.731. The van der Waals surface area contributed by atoms with Crippen LogP contribution in [-0.2, 0) is 6.54 Å². The molecule has 0 saturated carbocycles. The van der Waals surface area contributed by atoms with Crippen LogP contribution in [0.1, 0.15) is 5.76 Å². The number of hydrogen-bond acceptors (Lipinski definition) is 6. The van der Waals surface area contributed by atoms with E-state index in [4.69, 9.17) is 10.2 Å². The Balaban J connectivity index is 1.82. The first kappa shape index (κ1) is 12.2. The second-order valence-electron chi connectivity index (χ2n) is 4.46. The van der Waals surface area contributed by atoms with Gasteiger partial charge in [0.1, 0.15) is 5.76 Å². The normalized spacial score (nSPS) is 11.3. The number of furan rings is 1. The van der Waals surface area contributed by atoms with Gasteiger partial charge in [-0.05, 0) is 12.1 Å². The minimum atomic E-state index is 0.374. The summed E-state index contributed by atoms with van der Waals surface area (Å²) in [6.07, 6.45) is 0. The van der Waals surface area contributed by atoms with Crippen LogP contribution >= 0.6 is 11.3 Å². The maximum absolute atomic E-state index is 5.62. The van der Waals surface area contributed by atoms with E-state index in [1.54, 1.807) is 4.52 Å². The van der Waals surface area contributed by atoms with Crippen LogP contribution < -0.4 is 5.73 Å².